The molecule has 4 nitrogen and oxygen atoms in total. The lowest BCUT2D eigenvalue weighted by atomic mass is 10.4. The van der Waals surface area contributed by atoms with Gasteiger partial charge in [0.1, 0.15) is 6.61 Å². The SMILES string of the molecule is CCCCOCCOCCOC#N.S. The van der Waals surface area contributed by atoms with Crippen LogP contribution in [0.25, 0.3) is 0 Å². The lowest BCUT2D eigenvalue weighted by Crippen LogP contribution is -2.08. The molecule has 0 fully saturated rings. The van der Waals surface area contributed by atoms with E-state index in [1.165, 1.54) is 0 Å². The third kappa shape index (κ3) is 14.1. The maximum Gasteiger partial charge on any atom is 0.286 e. The molecule has 0 aliphatic carbocycles. The van der Waals surface area contributed by atoms with E-state index in [1.807, 2.05) is 0 Å². The van der Waals surface area contributed by atoms with E-state index in [1.54, 1.807) is 6.26 Å². The average Bonchev–Trinajstić information content (AvgIpc) is 2.16. The van der Waals surface area contributed by atoms with E-state index in [0.717, 1.165) is 19.4 Å². The van der Waals surface area contributed by atoms with E-state index in [-0.39, 0.29) is 13.5 Å². The van der Waals surface area contributed by atoms with Gasteiger partial charge in [-0.25, -0.2) is 0 Å². The maximum absolute atomic E-state index is 8.01. The molecule has 0 radical (unpaired) electrons. The molecule has 0 aromatic carbocycles. The summed E-state index contributed by atoms with van der Waals surface area (Å²) in [4.78, 5) is 0. The minimum absolute atomic E-state index is 0. The standard InChI is InChI=1S/C9H17NO3.H2S/c1-2-3-4-11-5-6-12-7-8-13-9-10;/h2-8H2,1H3;1H2. The van der Waals surface area contributed by atoms with Crippen molar-refractivity contribution in [1.82, 2.24) is 0 Å². The Hall–Kier alpha value is -0.440. The Balaban J connectivity index is 0. The molecule has 0 aliphatic heterocycles. The monoisotopic (exact) mass is 221 g/mol. The Labute approximate surface area is 92.6 Å². The quantitative estimate of drug-likeness (QED) is 0.436. The fourth-order valence-electron chi connectivity index (χ4n) is 0.715. The first-order valence-electron chi connectivity index (χ1n) is 4.58. The number of hydrogen-bond donors (Lipinski definition) is 0. The van der Waals surface area contributed by atoms with Crippen LogP contribution < -0.4 is 0 Å². The van der Waals surface area contributed by atoms with Crippen molar-refractivity contribution in [2.75, 3.05) is 33.0 Å². The minimum Gasteiger partial charge on any atom is -0.425 e. The molecule has 0 saturated heterocycles. The predicted molar refractivity (Wildman–Crippen MR) is 58.5 cm³/mol. The van der Waals surface area contributed by atoms with Crippen LogP contribution in [0.15, 0.2) is 0 Å². The zero-order valence-corrected chi connectivity index (χ0v) is 9.62. The number of nitrogens with zero attached hydrogens (tertiary/aromatic N) is 1. The van der Waals surface area contributed by atoms with Crippen LogP contribution in [0.1, 0.15) is 19.8 Å². The molecule has 5 heteroatoms. The zero-order chi connectivity index (χ0) is 9.78. The molecule has 84 valence electrons. The Morgan fingerprint density at radius 1 is 1.00 bits per heavy atom. The number of hydrogen-bond acceptors (Lipinski definition) is 4. The normalized spacial score (nSPS) is 8.86. The minimum atomic E-state index is 0. The van der Waals surface area contributed by atoms with Crippen LogP contribution in [-0.2, 0) is 14.2 Å². The Bertz CT molecular complexity index is 139. The molecular formula is C9H19NO3S. The highest BCUT2D eigenvalue weighted by atomic mass is 32.1. The molecule has 0 rings (SSSR count). The van der Waals surface area contributed by atoms with Gasteiger partial charge in [-0.05, 0) is 6.42 Å². The maximum atomic E-state index is 8.01. The molecule has 0 heterocycles. The van der Waals surface area contributed by atoms with Gasteiger partial charge in [-0.2, -0.15) is 18.8 Å². The third-order valence-electron chi connectivity index (χ3n) is 1.41. The first-order chi connectivity index (χ1) is 6.41. The lowest BCUT2D eigenvalue weighted by molar-refractivity contribution is 0.0317. The Morgan fingerprint density at radius 3 is 2.14 bits per heavy atom. The van der Waals surface area contributed by atoms with Crippen molar-refractivity contribution in [3.8, 4) is 6.26 Å². The van der Waals surface area contributed by atoms with Gasteiger partial charge in [0.2, 0.25) is 0 Å². The summed E-state index contributed by atoms with van der Waals surface area (Å²) in [5, 5.41) is 8.01. The highest BCUT2D eigenvalue weighted by Crippen LogP contribution is 1.87. The highest BCUT2D eigenvalue weighted by Gasteiger charge is 1.89. The van der Waals surface area contributed by atoms with E-state index in [9.17, 15) is 0 Å². The summed E-state index contributed by atoms with van der Waals surface area (Å²) in [5.41, 5.74) is 0. The molecule has 0 saturated carbocycles. The van der Waals surface area contributed by atoms with Crippen LogP contribution in [0.3, 0.4) is 0 Å². The summed E-state index contributed by atoms with van der Waals surface area (Å²) in [6, 6.07) is 0. The van der Waals surface area contributed by atoms with Crippen LogP contribution in [0.2, 0.25) is 0 Å². The first-order valence-corrected chi connectivity index (χ1v) is 4.58. The molecule has 0 unspecified atom stereocenters. The van der Waals surface area contributed by atoms with Crippen molar-refractivity contribution in [3.63, 3.8) is 0 Å². The summed E-state index contributed by atoms with van der Waals surface area (Å²) >= 11 is 0. The molecule has 0 atom stereocenters. The van der Waals surface area contributed by atoms with Gasteiger partial charge < -0.3 is 14.2 Å². The first kappa shape index (κ1) is 16.0. The second-order valence-corrected chi connectivity index (χ2v) is 2.52. The molecule has 0 N–H and O–H groups in total. The van der Waals surface area contributed by atoms with Crippen molar-refractivity contribution in [1.29, 1.82) is 5.26 Å². The van der Waals surface area contributed by atoms with E-state index < -0.39 is 0 Å². The van der Waals surface area contributed by atoms with Crippen molar-refractivity contribution in [3.05, 3.63) is 0 Å². The van der Waals surface area contributed by atoms with Crippen LogP contribution in [-0.4, -0.2) is 33.0 Å². The average molecular weight is 221 g/mol. The summed E-state index contributed by atoms with van der Waals surface area (Å²) in [5.74, 6) is 0. The summed E-state index contributed by atoms with van der Waals surface area (Å²) in [6.07, 6.45) is 3.82. The van der Waals surface area contributed by atoms with Crippen LogP contribution in [0, 0.1) is 11.5 Å². The zero-order valence-electron chi connectivity index (χ0n) is 8.62. The van der Waals surface area contributed by atoms with Crippen LogP contribution in [0.5, 0.6) is 0 Å². The molecule has 0 amide bonds. The van der Waals surface area contributed by atoms with Crippen LogP contribution in [0.4, 0.5) is 0 Å². The van der Waals surface area contributed by atoms with Crippen molar-refractivity contribution in [2.45, 2.75) is 19.8 Å². The largest absolute Gasteiger partial charge is 0.425 e. The van der Waals surface area contributed by atoms with Gasteiger partial charge in [0, 0.05) is 6.61 Å². The molecule has 0 aromatic heterocycles. The summed E-state index contributed by atoms with van der Waals surface area (Å²) in [6.45, 7) is 4.88. The molecule has 14 heavy (non-hydrogen) atoms. The molecule has 0 spiro atoms. The van der Waals surface area contributed by atoms with Crippen molar-refractivity contribution < 1.29 is 14.2 Å². The molecule has 0 bridgehead atoms. The van der Waals surface area contributed by atoms with Crippen LogP contribution >= 0.6 is 13.5 Å². The summed E-state index contributed by atoms with van der Waals surface area (Å²) in [7, 11) is 0. The lowest BCUT2D eigenvalue weighted by Gasteiger charge is -2.03. The predicted octanol–water partition coefficient (Wildman–Crippen LogP) is 1.43. The van der Waals surface area contributed by atoms with Gasteiger partial charge in [-0.1, -0.05) is 13.3 Å². The smallest absolute Gasteiger partial charge is 0.286 e. The second kappa shape index (κ2) is 15.1. The van der Waals surface area contributed by atoms with Gasteiger partial charge in [0.05, 0.1) is 19.8 Å². The van der Waals surface area contributed by atoms with E-state index in [2.05, 4.69) is 11.7 Å². The highest BCUT2D eigenvalue weighted by molar-refractivity contribution is 7.59. The number of ether oxygens (including phenoxy) is 3. The molecular weight excluding hydrogens is 202 g/mol. The molecule has 0 aliphatic rings. The topological polar surface area (TPSA) is 51.5 Å². The van der Waals surface area contributed by atoms with Gasteiger partial charge >= 0.3 is 0 Å². The third-order valence-corrected chi connectivity index (χ3v) is 1.41. The fourth-order valence-corrected chi connectivity index (χ4v) is 0.715. The van der Waals surface area contributed by atoms with Gasteiger partial charge in [0.15, 0.2) is 0 Å². The number of rotatable bonds is 9. The Morgan fingerprint density at radius 2 is 1.57 bits per heavy atom. The Kier molecular flexibility index (Phi) is 17.2. The van der Waals surface area contributed by atoms with E-state index in [0.29, 0.717) is 26.4 Å². The number of nitriles is 1. The fraction of sp³-hybridized carbons (Fsp3) is 0.889. The second-order valence-electron chi connectivity index (χ2n) is 2.52. The van der Waals surface area contributed by atoms with E-state index in [4.69, 9.17) is 14.7 Å². The van der Waals surface area contributed by atoms with Crippen molar-refractivity contribution in [2.24, 2.45) is 0 Å². The van der Waals surface area contributed by atoms with E-state index >= 15 is 0 Å². The van der Waals surface area contributed by atoms with Gasteiger partial charge in [0.25, 0.3) is 6.26 Å². The van der Waals surface area contributed by atoms with Gasteiger partial charge in [-0.15, -0.1) is 0 Å². The molecule has 0 aromatic rings. The van der Waals surface area contributed by atoms with Crippen molar-refractivity contribution >= 4 is 13.5 Å². The van der Waals surface area contributed by atoms with Gasteiger partial charge in [-0.3, -0.25) is 0 Å². The summed E-state index contributed by atoms with van der Waals surface area (Å²) < 4.78 is 14.8. The number of unbranched alkanes of at least 4 members (excludes halogenated alkanes) is 1.